The van der Waals surface area contributed by atoms with Gasteiger partial charge in [-0.1, -0.05) is 77.7 Å². The molecule has 1 aliphatic rings. The number of unbranched alkanes of at least 4 members (excludes halogenated alkanes) is 2. The molecule has 0 spiro atoms. The predicted molar refractivity (Wildman–Crippen MR) is 127 cm³/mol. The molecule has 0 aliphatic heterocycles. The predicted octanol–water partition coefficient (Wildman–Crippen LogP) is 7.98. The largest absolute Gasteiger partial charge is 0.492 e. The highest BCUT2D eigenvalue weighted by Crippen LogP contribution is 2.33. The third-order valence-corrected chi connectivity index (χ3v) is 6.55. The number of ether oxygens (including phenoxy) is 1. The highest BCUT2D eigenvalue weighted by atomic mass is 16.5. The van der Waals surface area contributed by atoms with Crippen LogP contribution in [0.3, 0.4) is 0 Å². The Bertz CT molecular complexity index is 529. The average molecular weight is 405 g/mol. The van der Waals surface area contributed by atoms with E-state index in [1.54, 1.807) is 5.57 Å². The second-order valence-corrected chi connectivity index (χ2v) is 9.29. The van der Waals surface area contributed by atoms with E-state index in [1.807, 2.05) is 0 Å². The van der Waals surface area contributed by atoms with Gasteiger partial charge in [-0.3, -0.25) is 0 Å². The summed E-state index contributed by atoms with van der Waals surface area (Å²) in [5.41, 5.74) is 2.85. The summed E-state index contributed by atoms with van der Waals surface area (Å²) in [4.78, 5) is 0. The highest BCUT2D eigenvalue weighted by molar-refractivity contribution is 5.29. The van der Waals surface area contributed by atoms with Crippen LogP contribution in [0.25, 0.3) is 0 Å². The molecule has 0 fully saturated rings. The Hall–Kier alpha value is -1.02. The van der Waals surface area contributed by atoms with Crippen LogP contribution in [-0.4, -0.2) is 17.8 Å². The Morgan fingerprint density at radius 3 is 2.55 bits per heavy atom. The van der Waals surface area contributed by atoms with Gasteiger partial charge in [0.1, 0.15) is 11.9 Å². The van der Waals surface area contributed by atoms with Crippen molar-refractivity contribution in [3.63, 3.8) is 0 Å². The summed E-state index contributed by atoms with van der Waals surface area (Å²) in [6, 6.07) is 0. The van der Waals surface area contributed by atoms with Gasteiger partial charge in [0.25, 0.3) is 0 Å². The lowest BCUT2D eigenvalue weighted by molar-refractivity contribution is 0.0318. The van der Waals surface area contributed by atoms with Crippen LogP contribution in [0.4, 0.5) is 0 Å². The fourth-order valence-electron chi connectivity index (χ4n) is 4.10. The van der Waals surface area contributed by atoms with Gasteiger partial charge in [0, 0.05) is 5.92 Å². The van der Waals surface area contributed by atoms with Crippen LogP contribution < -0.4 is 0 Å². The molecule has 0 aromatic carbocycles. The van der Waals surface area contributed by atoms with Crippen molar-refractivity contribution < 1.29 is 9.84 Å². The molecule has 0 saturated carbocycles. The van der Waals surface area contributed by atoms with Crippen LogP contribution in [0.1, 0.15) is 106 Å². The van der Waals surface area contributed by atoms with Crippen molar-refractivity contribution in [1.29, 1.82) is 0 Å². The molecule has 0 saturated heterocycles. The monoisotopic (exact) mass is 404 g/mol. The number of hydrogen-bond acceptors (Lipinski definition) is 2. The van der Waals surface area contributed by atoms with Gasteiger partial charge in [0.2, 0.25) is 0 Å². The molecule has 4 atom stereocenters. The fraction of sp³-hybridized carbons (Fsp3) is 0.778. The lowest BCUT2D eigenvalue weighted by Crippen LogP contribution is -2.24. The van der Waals surface area contributed by atoms with Gasteiger partial charge >= 0.3 is 0 Å². The molecule has 0 radical (unpaired) electrons. The third kappa shape index (κ3) is 10.0. The van der Waals surface area contributed by atoms with E-state index in [4.69, 9.17) is 4.74 Å². The van der Waals surface area contributed by atoms with Crippen LogP contribution in [-0.2, 0) is 4.74 Å². The quantitative estimate of drug-likeness (QED) is 0.221. The maximum atomic E-state index is 9.85. The molecule has 2 heteroatoms. The van der Waals surface area contributed by atoms with E-state index in [-0.39, 0.29) is 12.7 Å². The number of allylic oxidation sites excluding steroid dienone is 6. The molecular formula is C27H48O2. The summed E-state index contributed by atoms with van der Waals surface area (Å²) < 4.78 is 6.34. The molecule has 0 amide bonds. The SMILES string of the molecule is CCCCC/C(C)=C/CCC(C)CCCC(CO)OC1=C(CC)C=CC(C)C1C. The zero-order chi connectivity index (χ0) is 21.6. The maximum absolute atomic E-state index is 9.85. The first-order valence-electron chi connectivity index (χ1n) is 12.3. The second kappa shape index (κ2) is 14.9. The smallest absolute Gasteiger partial charge is 0.121 e. The third-order valence-electron chi connectivity index (χ3n) is 6.55. The number of hydrogen-bond donors (Lipinski definition) is 1. The van der Waals surface area contributed by atoms with Crippen LogP contribution in [0.15, 0.2) is 35.1 Å². The van der Waals surface area contributed by atoms with E-state index in [0.29, 0.717) is 11.8 Å². The first kappa shape index (κ1) is 26.0. The number of rotatable bonds is 15. The summed E-state index contributed by atoms with van der Waals surface area (Å²) in [7, 11) is 0. The molecule has 1 aliphatic carbocycles. The Kier molecular flexibility index (Phi) is 13.4. The zero-order valence-corrected chi connectivity index (χ0v) is 20.2. The lowest BCUT2D eigenvalue weighted by Gasteiger charge is -2.30. The van der Waals surface area contributed by atoms with Gasteiger partial charge < -0.3 is 9.84 Å². The summed E-state index contributed by atoms with van der Waals surface area (Å²) in [5, 5.41) is 9.85. The summed E-state index contributed by atoms with van der Waals surface area (Å²) in [6.45, 7) is 13.7. The fourth-order valence-corrected chi connectivity index (χ4v) is 4.10. The van der Waals surface area contributed by atoms with Crippen LogP contribution in [0.5, 0.6) is 0 Å². The summed E-state index contributed by atoms with van der Waals surface area (Å²) in [6.07, 6.45) is 18.9. The van der Waals surface area contributed by atoms with Gasteiger partial charge in [-0.25, -0.2) is 0 Å². The molecule has 4 unspecified atom stereocenters. The molecule has 0 aromatic heterocycles. The van der Waals surface area contributed by atoms with Crippen LogP contribution >= 0.6 is 0 Å². The van der Waals surface area contributed by atoms with E-state index >= 15 is 0 Å². The Balaban J connectivity index is 2.36. The van der Waals surface area contributed by atoms with Gasteiger partial charge in [0.05, 0.1) is 6.61 Å². The van der Waals surface area contributed by atoms with Gasteiger partial charge in [-0.05, 0) is 69.3 Å². The lowest BCUT2D eigenvalue weighted by atomic mass is 9.85. The molecule has 168 valence electrons. The second-order valence-electron chi connectivity index (χ2n) is 9.29. The molecule has 1 N–H and O–H groups in total. The molecule has 1 rings (SSSR count). The van der Waals surface area contributed by atoms with Crippen molar-refractivity contribution in [3.05, 3.63) is 35.1 Å². The maximum Gasteiger partial charge on any atom is 0.121 e. The first-order valence-corrected chi connectivity index (χ1v) is 12.3. The van der Waals surface area contributed by atoms with Gasteiger partial charge in [0.15, 0.2) is 0 Å². The Morgan fingerprint density at radius 2 is 1.90 bits per heavy atom. The summed E-state index contributed by atoms with van der Waals surface area (Å²) >= 11 is 0. The highest BCUT2D eigenvalue weighted by Gasteiger charge is 2.25. The van der Waals surface area contributed by atoms with Crippen molar-refractivity contribution in [1.82, 2.24) is 0 Å². The molecule has 0 bridgehead atoms. The standard InChI is InChI=1S/C27H48O2/c1-7-9-10-13-21(3)14-11-15-22(4)16-12-17-26(20-28)29-27-24(6)23(5)18-19-25(27)8-2/h14,18-19,22-24,26,28H,7-13,15-17,20H2,1-6H3/b21-14+. The van der Waals surface area contributed by atoms with E-state index in [0.717, 1.165) is 30.9 Å². The van der Waals surface area contributed by atoms with E-state index < -0.39 is 0 Å². The van der Waals surface area contributed by atoms with Crippen molar-refractivity contribution in [2.75, 3.05) is 6.61 Å². The number of aliphatic hydroxyl groups is 1. The van der Waals surface area contributed by atoms with Gasteiger partial charge in [-0.2, -0.15) is 0 Å². The summed E-state index contributed by atoms with van der Waals surface area (Å²) in [5.74, 6) is 2.74. The number of aliphatic hydroxyl groups excluding tert-OH is 1. The topological polar surface area (TPSA) is 29.5 Å². The minimum atomic E-state index is -0.0689. The zero-order valence-electron chi connectivity index (χ0n) is 20.2. The molecule has 29 heavy (non-hydrogen) atoms. The van der Waals surface area contributed by atoms with Crippen molar-refractivity contribution in [2.24, 2.45) is 17.8 Å². The Labute approximate surface area is 181 Å². The minimum Gasteiger partial charge on any atom is -0.492 e. The van der Waals surface area contributed by atoms with Gasteiger partial charge in [-0.15, -0.1) is 0 Å². The van der Waals surface area contributed by atoms with E-state index in [1.165, 1.54) is 50.5 Å². The van der Waals surface area contributed by atoms with E-state index in [2.05, 4.69) is 59.8 Å². The molecule has 0 heterocycles. The molecule has 2 nitrogen and oxygen atoms in total. The molecule has 0 aromatic rings. The van der Waals surface area contributed by atoms with Crippen LogP contribution in [0.2, 0.25) is 0 Å². The molecular weight excluding hydrogens is 356 g/mol. The first-order chi connectivity index (χ1) is 13.9. The van der Waals surface area contributed by atoms with Crippen LogP contribution in [0, 0.1) is 17.8 Å². The van der Waals surface area contributed by atoms with Crippen molar-refractivity contribution in [3.8, 4) is 0 Å². The minimum absolute atomic E-state index is 0.0689. The van der Waals surface area contributed by atoms with Crippen molar-refractivity contribution in [2.45, 2.75) is 112 Å². The normalized spacial score (nSPS) is 22.1. The Morgan fingerprint density at radius 1 is 1.14 bits per heavy atom. The average Bonchev–Trinajstić information content (AvgIpc) is 2.70. The van der Waals surface area contributed by atoms with Crippen molar-refractivity contribution >= 4 is 0 Å². The van der Waals surface area contributed by atoms with E-state index in [9.17, 15) is 5.11 Å².